The fraction of sp³-hybridized carbons (Fsp3) is 0.318. The number of hydrogen-bond donors (Lipinski definition) is 1. The third-order valence-corrected chi connectivity index (χ3v) is 4.52. The van der Waals surface area contributed by atoms with Crippen molar-refractivity contribution in [1.82, 2.24) is 15.0 Å². The van der Waals surface area contributed by atoms with Crippen molar-refractivity contribution in [3.8, 4) is 11.4 Å². The Balaban J connectivity index is 2.15. The van der Waals surface area contributed by atoms with Crippen LogP contribution in [0.15, 0.2) is 48.6 Å². The van der Waals surface area contributed by atoms with Crippen LogP contribution in [-0.4, -0.2) is 26.1 Å². The highest BCUT2D eigenvalue weighted by atomic mass is 16.5. The van der Waals surface area contributed by atoms with Crippen LogP contribution in [0.5, 0.6) is 5.75 Å². The molecule has 28 heavy (non-hydrogen) atoms. The van der Waals surface area contributed by atoms with E-state index in [0.717, 1.165) is 22.2 Å². The van der Waals surface area contributed by atoms with E-state index in [-0.39, 0.29) is 11.2 Å². The van der Waals surface area contributed by atoms with E-state index in [0.29, 0.717) is 11.3 Å². The number of phenolic OH excluding ortho intramolecular Hbond substituents is 1. The van der Waals surface area contributed by atoms with Gasteiger partial charge in [-0.25, -0.2) is 4.79 Å². The molecule has 0 bridgehead atoms. The van der Waals surface area contributed by atoms with Gasteiger partial charge in [0.2, 0.25) is 0 Å². The third kappa shape index (κ3) is 3.76. The van der Waals surface area contributed by atoms with Gasteiger partial charge < -0.3 is 9.84 Å². The predicted molar refractivity (Wildman–Crippen MR) is 109 cm³/mol. The Labute approximate surface area is 164 Å². The molecule has 0 aliphatic carbocycles. The standard InChI is InChI=1S/C22H25N3O3/c1-13(2)21(27)28-14(3)15-11-16(22(4,5)6)20(26)19(12-15)25-23-17-9-7-8-10-18(17)24-25/h7-12,14,26H,1H2,2-6H3. The van der Waals surface area contributed by atoms with Crippen LogP contribution in [0, 0.1) is 0 Å². The number of fused-ring (bicyclic) bond motifs is 1. The molecule has 146 valence electrons. The molecule has 1 atom stereocenters. The van der Waals surface area contributed by atoms with E-state index in [1.165, 1.54) is 4.80 Å². The Hall–Kier alpha value is -3.15. The summed E-state index contributed by atoms with van der Waals surface area (Å²) in [4.78, 5) is 13.4. The highest BCUT2D eigenvalue weighted by molar-refractivity contribution is 5.87. The van der Waals surface area contributed by atoms with Crippen LogP contribution in [-0.2, 0) is 14.9 Å². The molecule has 1 aromatic heterocycles. The van der Waals surface area contributed by atoms with Gasteiger partial charge in [-0.05, 0) is 49.1 Å². The van der Waals surface area contributed by atoms with E-state index >= 15 is 0 Å². The molecule has 1 unspecified atom stereocenters. The Morgan fingerprint density at radius 1 is 1.18 bits per heavy atom. The number of benzene rings is 2. The lowest BCUT2D eigenvalue weighted by atomic mass is 9.84. The molecule has 3 rings (SSSR count). The summed E-state index contributed by atoms with van der Waals surface area (Å²) < 4.78 is 5.48. The monoisotopic (exact) mass is 379 g/mol. The zero-order chi connectivity index (χ0) is 20.6. The van der Waals surface area contributed by atoms with Crippen LogP contribution in [0.2, 0.25) is 0 Å². The van der Waals surface area contributed by atoms with Crippen LogP contribution >= 0.6 is 0 Å². The second-order valence-corrected chi connectivity index (χ2v) is 7.99. The minimum Gasteiger partial charge on any atom is -0.505 e. The fourth-order valence-electron chi connectivity index (χ4n) is 2.90. The van der Waals surface area contributed by atoms with E-state index in [9.17, 15) is 9.90 Å². The molecule has 6 heteroatoms. The molecule has 0 spiro atoms. The molecule has 6 nitrogen and oxygen atoms in total. The minimum atomic E-state index is -0.519. The molecule has 0 fully saturated rings. The summed E-state index contributed by atoms with van der Waals surface area (Å²) in [6.07, 6.45) is -0.519. The van der Waals surface area contributed by atoms with Gasteiger partial charge >= 0.3 is 5.97 Å². The maximum absolute atomic E-state index is 11.9. The minimum absolute atomic E-state index is 0.106. The van der Waals surface area contributed by atoms with Gasteiger partial charge in [0, 0.05) is 11.1 Å². The molecule has 0 radical (unpaired) electrons. The number of rotatable bonds is 4. The largest absolute Gasteiger partial charge is 0.505 e. The molecule has 0 saturated carbocycles. The molecular weight excluding hydrogens is 354 g/mol. The molecule has 2 aromatic carbocycles. The lowest BCUT2D eigenvalue weighted by Crippen LogP contribution is -2.16. The molecule has 1 heterocycles. The first-order chi connectivity index (χ1) is 13.1. The van der Waals surface area contributed by atoms with Gasteiger partial charge in [0.1, 0.15) is 28.6 Å². The van der Waals surface area contributed by atoms with E-state index in [1.807, 2.05) is 51.1 Å². The average Bonchev–Trinajstić information content (AvgIpc) is 3.04. The van der Waals surface area contributed by atoms with Crippen LogP contribution in [0.4, 0.5) is 0 Å². The van der Waals surface area contributed by atoms with Crippen LogP contribution in [0.25, 0.3) is 16.7 Å². The molecule has 0 aliphatic heterocycles. The van der Waals surface area contributed by atoms with Gasteiger partial charge in [-0.1, -0.05) is 39.5 Å². The van der Waals surface area contributed by atoms with Gasteiger partial charge in [0.25, 0.3) is 0 Å². The lowest BCUT2D eigenvalue weighted by molar-refractivity contribution is -0.143. The summed E-state index contributed by atoms with van der Waals surface area (Å²) in [5.41, 5.74) is 3.37. The second kappa shape index (κ2) is 7.11. The van der Waals surface area contributed by atoms with Gasteiger partial charge in [-0.3, -0.25) is 0 Å². The van der Waals surface area contributed by atoms with Gasteiger partial charge in [-0.15, -0.1) is 15.0 Å². The Kier molecular flexibility index (Phi) is 4.98. The molecule has 0 aliphatic rings. The maximum Gasteiger partial charge on any atom is 0.333 e. The number of aromatic hydroxyl groups is 1. The SMILES string of the molecule is C=C(C)C(=O)OC(C)c1cc(-n2nc3ccccc3n2)c(O)c(C(C)(C)C)c1. The smallest absolute Gasteiger partial charge is 0.333 e. The van der Waals surface area contributed by atoms with E-state index in [2.05, 4.69) is 16.8 Å². The summed E-state index contributed by atoms with van der Waals surface area (Å²) >= 11 is 0. The first-order valence-electron chi connectivity index (χ1n) is 9.14. The molecule has 0 saturated heterocycles. The number of ether oxygens (including phenoxy) is 1. The van der Waals surface area contributed by atoms with Crippen molar-refractivity contribution < 1.29 is 14.6 Å². The molecule has 0 amide bonds. The summed E-state index contributed by atoms with van der Waals surface area (Å²) in [5.74, 6) is -0.350. The van der Waals surface area contributed by atoms with Gasteiger partial charge in [0.05, 0.1) is 0 Å². The van der Waals surface area contributed by atoms with Crippen LogP contribution in [0.3, 0.4) is 0 Å². The fourth-order valence-corrected chi connectivity index (χ4v) is 2.90. The zero-order valence-electron chi connectivity index (χ0n) is 16.9. The number of nitrogens with zero attached hydrogens (tertiary/aromatic N) is 3. The van der Waals surface area contributed by atoms with Crippen molar-refractivity contribution in [2.75, 3.05) is 0 Å². The Morgan fingerprint density at radius 3 is 2.25 bits per heavy atom. The molecule has 3 aromatic rings. The second-order valence-electron chi connectivity index (χ2n) is 7.99. The quantitative estimate of drug-likeness (QED) is 0.529. The first-order valence-corrected chi connectivity index (χ1v) is 9.14. The van der Waals surface area contributed by atoms with E-state index < -0.39 is 12.1 Å². The van der Waals surface area contributed by atoms with Crippen molar-refractivity contribution in [3.63, 3.8) is 0 Å². The number of phenols is 1. The topological polar surface area (TPSA) is 77.2 Å². The predicted octanol–water partition coefficient (Wildman–Crippen LogP) is 4.60. The van der Waals surface area contributed by atoms with Crippen molar-refractivity contribution in [2.45, 2.75) is 46.1 Å². The normalized spacial score (nSPS) is 12.8. The van der Waals surface area contributed by atoms with E-state index in [1.54, 1.807) is 19.9 Å². The highest BCUT2D eigenvalue weighted by Crippen LogP contribution is 2.38. The number of carbonyl (C=O) groups is 1. The zero-order valence-corrected chi connectivity index (χ0v) is 16.9. The van der Waals surface area contributed by atoms with Crippen molar-refractivity contribution >= 4 is 17.0 Å². The number of esters is 1. The van der Waals surface area contributed by atoms with Gasteiger partial charge in [-0.2, -0.15) is 0 Å². The maximum atomic E-state index is 11.9. The first kappa shape index (κ1) is 19.6. The highest BCUT2D eigenvalue weighted by Gasteiger charge is 2.25. The number of aromatic nitrogens is 3. The van der Waals surface area contributed by atoms with E-state index in [4.69, 9.17) is 4.74 Å². The average molecular weight is 379 g/mol. The summed E-state index contributed by atoms with van der Waals surface area (Å²) in [6, 6.07) is 11.1. The third-order valence-electron chi connectivity index (χ3n) is 4.52. The lowest BCUT2D eigenvalue weighted by Gasteiger charge is -2.24. The number of hydrogen-bond acceptors (Lipinski definition) is 5. The Bertz CT molecular complexity index is 1030. The van der Waals surface area contributed by atoms with Crippen molar-refractivity contribution in [1.29, 1.82) is 0 Å². The number of carbonyl (C=O) groups excluding carboxylic acids is 1. The van der Waals surface area contributed by atoms with Crippen molar-refractivity contribution in [3.05, 3.63) is 59.7 Å². The molecule has 1 N–H and O–H groups in total. The summed E-state index contributed by atoms with van der Waals surface area (Å²) in [5, 5.41) is 19.9. The Morgan fingerprint density at radius 2 is 1.75 bits per heavy atom. The van der Waals surface area contributed by atoms with Crippen LogP contribution in [0.1, 0.15) is 51.8 Å². The molecular formula is C22H25N3O3. The van der Waals surface area contributed by atoms with Crippen LogP contribution < -0.4 is 0 Å². The summed E-state index contributed by atoms with van der Waals surface area (Å²) in [7, 11) is 0. The van der Waals surface area contributed by atoms with Crippen molar-refractivity contribution in [2.24, 2.45) is 0 Å². The summed E-state index contributed by atoms with van der Waals surface area (Å²) in [6.45, 7) is 13.0. The van der Waals surface area contributed by atoms with Gasteiger partial charge in [0.15, 0.2) is 0 Å².